The van der Waals surface area contributed by atoms with Crippen molar-refractivity contribution in [3.05, 3.63) is 39.5 Å². The monoisotopic (exact) mass is 423 g/mol. The number of hydrogen-bond donors (Lipinski definition) is 1. The van der Waals surface area contributed by atoms with Crippen LogP contribution in [0.2, 0.25) is 0 Å². The Morgan fingerprint density at radius 1 is 1.25 bits per heavy atom. The number of aryl methyl sites for hydroxylation is 3. The first-order valence-corrected chi connectivity index (χ1v) is 10.7. The maximum Gasteiger partial charge on any atom is 0.279 e. The van der Waals surface area contributed by atoms with E-state index in [-0.39, 0.29) is 22.9 Å². The van der Waals surface area contributed by atoms with Crippen LogP contribution in [-0.2, 0) is 23.0 Å². The van der Waals surface area contributed by atoms with Gasteiger partial charge in [0.2, 0.25) is 10.0 Å². The fourth-order valence-electron chi connectivity index (χ4n) is 3.04. The summed E-state index contributed by atoms with van der Waals surface area (Å²) < 4.78 is 37.3. The molecule has 10 nitrogen and oxygen atoms in total. The molecule has 1 aliphatic rings. The van der Waals surface area contributed by atoms with Crippen LogP contribution in [0, 0.1) is 20.8 Å². The first kappa shape index (κ1) is 18.8. The number of hydrogen-bond acceptors (Lipinski definition) is 9. The first-order chi connectivity index (χ1) is 13.3. The molecule has 4 heterocycles. The summed E-state index contributed by atoms with van der Waals surface area (Å²) in [4.78, 5) is 17.5. The molecule has 0 fully saturated rings. The standard InChI is InChI=1S/C16H17N5O5S2/c1-8-6-12(20-25-8)15(22)18-16-17-11-4-5-21(7-13(11)27-16)28(23,24)14-9(2)19-26-10(14)3/h6H,4-5,7H2,1-3H3,(H,17,18,22). The number of fused-ring (bicyclic) bond motifs is 1. The van der Waals surface area contributed by atoms with Crippen LogP contribution in [-0.4, -0.2) is 40.5 Å². The topological polar surface area (TPSA) is 131 Å². The summed E-state index contributed by atoms with van der Waals surface area (Å²) in [6, 6.07) is 1.53. The minimum atomic E-state index is -3.73. The number of aromatic nitrogens is 3. The Morgan fingerprint density at radius 2 is 2.04 bits per heavy atom. The van der Waals surface area contributed by atoms with Gasteiger partial charge in [-0.1, -0.05) is 10.3 Å². The molecule has 0 aliphatic carbocycles. The molecule has 12 heteroatoms. The summed E-state index contributed by atoms with van der Waals surface area (Å²) in [7, 11) is -3.73. The van der Waals surface area contributed by atoms with E-state index in [1.165, 1.54) is 21.7 Å². The van der Waals surface area contributed by atoms with Gasteiger partial charge >= 0.3 is 0 Å². The average molecular weight is 423 g/mol. The first-order valence-electron chi connectivity index (χ1n) is 8.42. The highest BCUT2D eigenvalue weighted by atomic mass is 32.2. The predicted octanol–water partition coefficient (Wildman–Crippen LogP) is 2.04. The van der Waals surface area contributed by atoms with Gasteiger partial charge < -0.3 is 9.05 Å². The maximum atomic E-state index is 13.0. The fourth-order valence-corrected chi connectivity index (χ4v) is 5.84. The highest BCUT2D eigenvalue weighted by molar-refractivity contribution is 7.89. The smallest absolute Gasteiger partial charge is 0.279 e. The Bertz CT molecular complexity index is 1140. The van der Waals surface area contributed by atoms with Crippen LogP contribution in [0.4, 0.5) is 5.13 Å². The SMILES string of the molecule is Cc1cc(C(=O)Nc2nc3c(s2)CN(S(=O)(=O)c2c(C)noc2C)CC3)no1. The molecule has 1 amide bonds. The van der Waals surface area contributed by atoms with Crippen molar-refractivity contribution in [2.45, 2.75) is 38.6 Å². The average Bonchev–Trinajstić information content (AvgIpc) is 3.32. The quantitative estimate of drug-likeness (QED) is 0.674. The van der Waals surface area contributed by atoms with Crippen molar-refractivity contribution >= 4 is 32.4 Å². The van der Waals surface area contributed by atoms with Crippen molar-refractivity contribution in [1.82, 2.24) is 19.6 Å². The number of thiazole rings is 1. The predicted molar refractivity (Wildman–Crippen MR) is 98.6 cm³/mol. The highest BCUT2D eigenvalue weighted by Gasteiger charge is 2.34. The van der Waals surface area contributed by atoms with Crippen molar-refractivity contribution in [1.29, 1.82) is 0 Å². The van der Waals surface area contributed by atoms with Crippen molar-refractivity contribution in [3.63, 3.8) is 0 Å². The van der Waals surface area contributed by atoms with E-state index in [4.69, 9.17) is 9.05 Å². The zero-order chi connectivity index (χ0) is 20.1. The van der Waals surface area contributed by atoms with E-state index in [1.54, 1.807) is 20.8 Å². The van der Waals surface area contributed by atoms with Crippen molar-refractivity contribution < 1.29 is 22.3 Å². The lowest BCUT2D eigenvalue weighted by atomic mass is 10.2. The van der Waals surface area contributed by atoms with Crippen molar-refractivity contribution in [3.8, 4) is 0 Å². The molecule has 0 bridgehead atoms. The molecule has 3 aromatic rings. The van der Waals surface area contributed by atoms with Gasteiger partial charge in [-0.2, -0.15) is 4.31 Å². The van der Waals surface area contributed by atoms with Crippen LogP contribution in [0.3, 0.4) is 0 Å². The van der Waals surface area contributed by atoms with Gasteiger partial charge in [-0.3, -0.25) is 10.1 Å². The minimum absolute atomic E-state index is 0.107. The van der Waals surface area contributed by atoms with Gasteiger partial charge in [0, 0.05) is 23.9 Å². The third-order valence-electron chi connectivity index (χ3n) is 4.34. The van der Waals surface area contributed by atoms with Gasteiger partial charge in [0.15, 0.2) is 16.6 Å². The zero-order valence-corrected chi connectivity index (χ0v) is 17.0. The summed E-state index contributed by atoms with van der Waals surface area (Å²) >= 11 is 1.24. The van der Waals surface area contributed by atoms with E-state index in [0.717, 1.165) is 10.6 Å². The van der Waals surface area contributed by atoms with Crippen molar-refractivity contribution in [2.75, 3.05) is 11.9 Å². The maximum absolute atomic E-state index is 13.0. The highest BCUT2D eigenvalue weighted by Crippen LogP contribution is 2.32. The van der Waals surface area contributed by atoms with Gasteiger partial charge in [-0.05, 0) is 20.8 Å². The molecule has 0 atom stereocenters. The van der Waals surface area contributed by atoms with E-state index in [2.05, 4.69) is 20.6 Å². The van der Waals surface area contributed by atoms with E-state index in [1.807, 2.05) is 0 Å². The number of nitrogens with zero attached hydrogens (tertiary/aromatic N) is 4. The van der Waals surface area contributed by atoms with Gasteiger partial charge in [-0.15, -0.1) is 11.3 Å². The molecular formula is C16H17N5O5S2. The Morgan fingerprint density at radius 3 is 2.68 bits per heavy atom. The number of rotatable bonds is 4. The molecule has 4 rings (SSSR count). The van der Waals surface area contributed by atoms with Crippen LogP contribution in [0.15, 0.2) is 20.0 Å². The molecule has 0 radical (unpaired) electrons. The van der Waals surface area contributed by atoms with E-state index in [0.29, 0.717) is 29.6 Å². The van der Waals surface area contributed by atoms with Crippen LogP contribution >= 0.6 is 11.3 Å². The van der Waals surface area contributed by atoms with Crippen LogP contribution in [0.25, 0.3) is 0 Å². The Hall–Kier alpha value is -2.57. The van der Waals surface area contributed by atoms with Crippen LogP contribution in [0.5, 0.6) is 0 Å². The molecule has 148 valence electrons. The second kappa shape index (κ2) is 6.79. The van der Waals surface area contributed by atoms with Crippen LogP contribution < -0.4 is 5.32 Å². The lowest BCUT2D eigenvalue weighted by Gasteiger charge is -2.25. The largest absolute Gasteiger partial charge is 0.361 e. The number of sulfonamides is 1. The van der Waals surface area contributed by atoms with Gasteiger partial charge in [0.25, 0.3) is 5.91 Å². The summed E-state index contributed by atoms with van der Waals surface area (Å²) in [5.41, 5.74) is 1.28. The van der Waals surface area contributed by atoms with E-state index in [9.17, 15) is 13.2 Å². The number of carbonyl (C=O) groups excluding carboxylic acids is 1. The Balaban J connectivity index is 1.54. The van der Waals surface area contributed by atoms with Gasteiger partial charge in [-0.25, -0.2) is 13.4 Å². The molecule has 3 aromatic heterocycles. The normalized spacial score (nSPS) is 14.8. The second-order valence-corrected chi connectivity index (χ2v) is 9.37. The van der Waals surface area contributed by atoms with E-state index < -0.39 is 15.9 Å². The molecular weight excluding hydrogens is 406 g/mol. The molecule has 0 unspecified atom stereocenters. The van der Waals surface area contributed by atoms with Crippen LogP contribution in [0.1, 0.15) is 38.3 Å². The third-order valence-corrected chi connectivity index (χ3v) is 7.43. The van der Waals surface area contributed by atoms with Gasteiger partial charge in [0.1, 0.15) is 16.3 Å². The second-order valence-electron chi connectivity index (χ2n) is 6.41. The molecule has 0 spiro atoms. The summed E-state index contributed by atoms with van der Waals surface area (Å²) in [6.07, 6.45) is 0.452. The van der Waals surface area contributed by atoms with Gasteiger partial charge in [0.05, 0.1) is 12.2 Å². The summed E-state index contributed by atoms with van der Waals surface area (Å²) in [5, 5.41) is 10.5. The number of anilines is 1. The Kier molecular flexibility index (Phi) is 4.56. The lowest BCUT2D eigenvalue weighted by Crippen LogP contribution is -2.36. The number of carbonyl (C=O) groups is 1. The molecule has 0 saturated heterocycles. The number of nitrogens with one attached hydrogen (secondary N) is 1. The Labute approximate surface area is 164 Å². The molecule has 0 aromatic carbocycles. The molecule has 0 saturated carbocycles. The minimum Gasteiger partial charge on any atom is -0.361 e. The third kappa shape index (κ3) is 3.23. The fraction of sp³-hybridized carbons (Fsp3) is 0.375. The van der Waals surface area contributed by atoms with Crippen molar-refractivity contribution in [2.24, 2.45) is 0 Å². The number of amides is 1. The lowest BCUT2D eigenvalue weighted by molar-refractivity contribution is 0.101. The molecule has 28 heavy (non-hydrogen) atoms. The zero-order valence-electron chi connectivity index (χ0n) is 15.3. The summed E-state index contributed by atoms with van der Waals surface area (Å²) in [5.74, 6) is 0.371. The summed E-state index contributed by atoms with van der Waals surface area (Å²) in [6.45, 7) is 5.34. The molecule has 1 aliphatic heterocycles. The van der Waals surface area contributed by atoms with E-state index >= 15 is 0 Å². The molecule has 1 N–H and O–H groups in total.